The van der Waals surface area contributed by atoms with Crippen LogP contribution in [0.2, 0.25) is 0 Å². The van der Waals surface area contributed by atoms with Crippen LogP contribution in [0.5, 0.6) is 0 Å². The quantitative estimate of drug-likeness (QED) is 0.903. The average molecular weight is 260 g/mol. The van der Waals surface area contributed by atoms with Crippen molar-refractivity contribution in [2.24, 2.45) is 13.0 Å². The highest BCUT2D eigenvalue weighted by atomic mass is 16.2. The van der Waals surface area contributed by atoms with Gasteiger partial charge in [-0.25, -0.2) is 4.98 Å². The highest BCUT2D eigenvalue weighted by Crippen LogP contribution is 2.33. The Kier molecular flexibility index (Phi) is 3.89. The second-order valence-electron chi connectivity index (χ2n) is 5.39. The number of rotatable bonds is 3. The van der Waals surface area contributed by atoms with E-state index in [2.05, 4.69) is 23.3 Å². The fraction of sp³-hybridized carbons (Fsp3) is 0.643. The fourth-order valence-electron chi connectivity index (χ4n) is 2.70. The number of aromatic nitrogens is 2. The SMILES string of the molecule is CCC1CCC(C#N)(NC(=O)c2cncn2C)CC1. The molecule has 0 unspecified atom stereocenters. The largest absolute Gasteiger partial charge is 0.332 e. The smallest absolute Gasteiger partial charge is 0.270 e. The molecule has 102 valence electrons. The molecule has 1 aromatic rings. The topological polar surface area (TPSA) is 70.7 Å². The predicted octanol–water partition coefficient (Wildman–Crippen LogP) is 2.01. The average Bonchev–Trinajstić information content (AvgIpc) is 2.86. The molecule has 1 aromatic heterocycles. The molecule has 0 bridgehead atoms. The van der Waals surface area contributed by atoms with Crippen LogP contribution in [0, 0.1) is 17.2 Å². The molecule has 1 N–H and O–H groups in total. The minimum atomic E-state index is -0.701. The van der Waals surface area contributed by atoms with Gasteiger partial charge >= 0.3 is 0 Å². The first kappa shape index (κ1) is 13.6. The van der Waals surface area contributed by atoms with Gasteiger partial charge in [0.05, 0.1) is 18.6 Å². The van der Waals surface area contributed by atoms with Crippen LogP contribution in [0.25, 0.3) is 0 Å². The fourth-order valence-corrected chi connectivity index (χ4v) is 2.70. The second-order valence-corrected chi connectivity index (χ2v) is 5.39. The van der Waals surface area contributed by atoms with Gasteiger partial charge in [-0.1, -0.05) is 13.3 Å². The summed E-state index contributed by atoms with van der Waals surface area (Å²) in [4.78, 5) is 16.1. The zero-order chi connectivity index (χ0) is 13.9. The summed E-state index contributed by atoms with van der Waals surface area (Å²) in [5, 5.41) is 12.3. The van der Waals surface area contributed by atoms with E-state index in [1.807, 2.05) is 0 Å². The van der Waals surface area contributed by atoms with Crippen molar-refractivity contribution in [3.63, 3.8) is 0 Å². The Balaban J connectivity index is 2.06. The number of nitrogens with one attached hydrogen (secondary N) is 1. The summed E-state index contributed by atoms with van der Waals surface area (Å²) in [6.07, 6.45) is 7.76. The van der Waals surface area contributed by atoms with E-state index in [1.54, 1.807) is 17.9 Å². The van der Waals surface area contributed by atoms with Gasteiger partial charge in [-0.3, -0.25) is 4.79 Å². The van der Waals surface area contributed by atoms with Crippen molar-refractivity contribution in [2.45, 2.75) is 44.6 Å². The normalized spacial score (nSPS) is 26.7. The van der Waals surface area contributed by atoms with E-state index in [1.165, 1.54) is 6.20 Å². The van der Waals surface area contributed by atoms with Crippen LogP contribution in [-0.2, 0) is 7.05 Å². The van der Waals surface area contributed by atoms with E-state index < -0.39 is 5.54 Å². The van der Waals surface area contributed by atoms with E-state index >= 15 is 0 Å². The zero-order valence-electron chi connectivity index (χ0n) is 11.5. The number of imidazole rings is 1. The van der Waals surface area contributed by atoms with E-state index in [4.69, 9.17) is 0 Å². The van der Waals surface area contributed by atoms with Gasteiger partial charge in [0.2, 0.25) is 0 Å². The number of nitrogens with zero attached hydrogens (tertiary/aromatic N) is 3. The molecule has 19 heavy (non-hydrogen) atoms. The predicted molar refractivity (Wildman–Crippen MR) is 71.3 cm³/mol. The molecule has 1 amide bonds. The van der Waals surface area contributed by atoms with Crippen LogP contribution in [0.4, 0.5) is 0 Å². The molecule has 1 aliphatic carbocycles. The number of carbonyl (C=O) groups excluding carboxylic acids is 1. The molecule has 0 saturated heterocycles. The van der Waals surface area contributed by atoms with Crippen molar-refractivity contribution in [3.8, 4) is 6.07 Å². The first-order valence-electron chi connectivity index (χ1n) is 6.80. The first-order chi connectivity index (χ1) is 9.10. The number of hydrogen-bond donors (Lipinski definition) is 1. The molecule has 0 spiro atoms. The van der Waals surface area contributed by atoms with Crippen molar-refractivity contribution in [1.29, 1.82) is 5.26 Å². The molecular weight excluding hydrogens is 240 g/mol. The van der Waals surface area contributed by atoms with Crippen molar-refractivity contribution in [3.05, 3.63) is 18.2 Å². The molecule has 1 aliphatic rings. The lowest BCUT2D eigenvalue weighted by molar-refractivity contribution is 0.0883. The molecule has 1 heterocycles. The summed E-state index contributed by atoms with van der Waals surface area (Å²) < 4.78 is 1.66. The third-order valence-electron chi connectivity index (χ3n) is 4.15. The van der Waals surface area contributed by atoms with Gasteiger partial charge in [0.1, 0.15) is 11.2 Å². The van der Waals surface area contributed by atoms with E-state index in [9.17, 15) is 10.1 Å². The lowest BCUT2D eigenvalue weighted by Crippen LogP contribution is -2.50. The molecule has 0 aromatic carbocycles. The number of aryl methyl sites for hydroxylation is 1. The maximum atomic E-state index is 12.2. The Morgan fingerprint density at radius 3 is 2.79 bits per heavy atom. The number of carbonyl (C=O) groups is 1. The Morgan fingerprint density at radius 1 is 1.63 bits per heavy atom. The minimum absolute atomic E-state index is 0.212. The zero-order valence-corrected chi connectivity index (χ0v) is 11.5. The first-order valence-corrected chi connectivity index (χ1v) is 6.80. The lowest BCUT2D eigenvalue weighted by atomic mass is 9.76. The molecule has 0 atom stereocenters. The van der Waals surface area contributed by atoms with E-state index in [-0.39, 0.29) is 5.91 Å². The summed E-state index contributed by atoms with van der Waals surface area (Å²) in [7, 11) is 1.77. The Hall–Kier alpha value is -1.83. The standard InChI is InChI=1S/C14H20N4O/c1-3-11-4-6-14(9-15,7-5-11)17-13(19)12-8-16-10-18(12)2/h8,10-11H,3-7H2,1-2H3,(H,17,19). The number of hydrogen-bond acceptors (Lipinski definition) is 3. The van der Waals surface area contributed by atoms with Gasteiger partial charge in [0, 0.05) is 7.05 Å². The Bertz CT molecular complexity index is 492. The van der Waals surface area contributed by atoms with E-state index in [0.29, 0.717) is 11.6 Å². The molecular formula is C14H20N4O. The van der Waals surface area contributed by atoms with Crippen LogP contribution in [0.15, 0.2) is 12.5 Å². The third kappa shape index (κ3) is 2.78. The highest BCUT2D eigenvalue weighted by Gasteiger charge is 2.36. The molecule has 2 rings (SSSR count). The van der Waals surface area contributed by atoms with Gasteiger partial charge in [-0.2, -0.15) is 5.26 Å². The van der Waals surface area contributed by atoms with Crippen LogP contribution < -0.4 is 5.32 Å². The molecule has 0 radical (unpaired) electrons. The van der Waals surface area contributed by atoms with Crippen LogP contribution >= 0.6 is 0 Å². The molecule has 5 heteroatoms. The van der Waals surface area contributed by atoms with Crippen molar-refractivity contribution < 1.29 is 4.79 Å². The molecule has 1 saturated carbocycles. The van der Waals surface area contributed by atoms with Crippen LogP contribution in [-0.4, -0.2) is 21.0 Å². The van der Waals surface area contributed by atoms with Crippen molar-refractivity contribution >= 4 is 5.91 Å². The maximum Gasteiger partial charge on any atom is 0.270 e. The van der Waals surface area contributed by atoms with Gasteiger partial charge in [-0.15, -0.1) is 0 Å². The third-order valence-corrected chi connectivity index (χ3v) is 4.15. The summed E-state index contributed by atoms with van der Waals surface area (Å²) in [5.41, 5.74) is -0.209. The number of nitriles is 1. The Labute approximate surface area is 113 Å². The van der Waals surface area contributed by atoms with Crippen LogP contribution in [0.1, 0.15) is 49.5 Å². The summed E-state index contributed by atoms with van der Waals surface area (Å²) in [6, 6.07) is 2.31. The van der Waals surface area contributed by atoms with Gasteiger partial charge in [0.15, 0.2) is 0 Å². The molecule has 0 aliphatic heterocycles. The van der Waals surface area contributed by atoms with Gasteiger partial charge < -0.3 is 9.88 Å². The van der Waals surface area contributed by atoms with Gasteiger partial charge in [0.25, 0.3) is 5.91 Å². The summed E-state index contributed by atoms with van der Waals surface area (Å²) in [6.45, 7) is 2.18. The Morgan fingerprint density at radius 2 is 2.32 bits per heavy atom. The molecule has 1 fully saturated rings. The monoisotopic (exact) mass is 260 g/mol. The van der Waals surface area contributed by atoms with Crippen molar-refractivity contribution in [1.82, 2.24) is 14.9 Å². The van der Waals surface area contributed by atoms with Crippen LogP contribution in [0.3, 0.4) is 0 Å². The second kappa shape index (κ2) is 5.43. The summed E-state index contributed by atoms with van der Waals surface area (Å²) >= 11 is 0. The minimum Gasteiger partial charge on any atom is -0.332 e. The highest BCUT2D eigenvalue weighted by molar-refractivity contribution is 5.93. The van der Waals surface area contributed by atoms with Crippen molar-refractivity contribution in [2.75, 3.05) is 0 Å². The lowest BCUT2D eigenvalue weighted by Gasteiger charge is -2.35. The van der Waals surface area contributed by atoms with E-state index in [0.717, 1.165) is 32.1 Å². The number of amides is 1. The summed E-state index contributed by atoms with van der Waals surface area (Å²) in [5.74, 6) is 0.478. The molecule has 5 nitrogen and oxygen atoms in total. The van der Waals surface area contributed by atoms with Gasteiger partial charge in [-0.05, 0) is 31.6 Å². The maximum absolute atomic E-state index is 12.2.